The van der Waals surface area contributed by atoms with E-state index in [1.807, 2.05) is 42.5 Å². The number of methoxy groups -OCH3 is 1. The molecule has 2 amide bonds. The lowest BCUT2D eigenvalue weighted by Crippen LogP contribution is -2.47. The number of anilines is 1. The molecule has 2 aliphatic rings. The van der Waals surface area contributed by atoms with E-state index in [9.17, 15) is 32.4 Å². The third kappa shape index (κ3) is 6.82. The molecule has 1 heterocycles. The monoisotopic (exact) mass is 682 g/mol. The molecular formula is C34H30F4N4O5S. The molecule has 0 aliphatic heterocycles. The molecule has 2 bridgehead atoms. The maximum atomic E-state index is 15.3. The Hall–Kier alpha value is -4.66. The standard InChI is InChI=1S/C34H30F4N4O5S/c1-47-28-15-27(35)25(31(43)22-16-39-42(18-22)17-19-6-3-2-4-7-19)14-26(28)32(44)41-30-21-11-10-20(12-21)29(30)33(45)40-23-8-5-9-24(13-23)48(46)34(36,37)38/h2-11,13-16,18,20-21,29-31,43H,12,17H2,1H3,(H,40,45)(H,41,44). The Morgan fingerprint density at radius 2 is 1.85 bits per heavy atom. The molecular weight excluding hydrogens is 652 g/mol. The van der Waals surface area contributed by atoms with Gasteiger partial charge in [0, 0.05) is 41.2 Å². The minimum atomic E-state index is -4.96. The number of halogens is 4. The number of benzene rings is 3. The molecule has 2 aliphatic carbocycles. The Bertz CT molecular complexity index is 1850. The molecule has 14 heteroatoms. The van der Waals surface area contributed by atoms with Gasteiger partial charge >= 0.3 is 5.51 Å². The summed E-state index contributed by atoms with van der Waals surface area (Å²) in [7, 11) is 1.27. The second kappa shape index (κ2) is 13.5. The van der Waals surface area contributed by atoms with Crippen molar-refractivity contribution in [3.8, 4) is 5.75 Å². The second-order valence-corrected chi connectivity index (χ2v) is 13.1. The molecule has 1 saturated carbocycles. The van der Waals surface area contributed by atoms with Crippen LogP contribution in [0.1, 0.15) is 39.6 Å². The van der Waals surface area contributed by atoms with Gasteiger partial charge in [-0.25, -0.2) is 4.39 Å². The van der Waals surface area contributed by atoms with E-state index >= 15 is 4.39 Å². The van der Waals surface area contributed by atoms with E-state index in [0.29, 0.717) is 18.5 Å². The van der Waals surface area contributed by atoms with Gasteiger partial charge in [-0.3, -0.25) is 14.3 Å². The third-order valence-electron chi connectivity index (χ3n) is 8.60. The van der Waals surface area contributed by atoms with Crippen molar-refractivity contribution in [3.05, 3.63) is 119 Å². The summed E-state index contributed by atoms with van der Waals surface area (Å²) in [6, 6.07) is 15.7. The number of ether oxygens (including phenoxy) is 1. The molecule has 9 nitrogen and oxygen atoms in total. The van der Waals surface area contributed by atoms with E-state index in [1.54, 1.807) is 10.9 Å². The highest BCUT2D eigenvalue weighted by atomic mass is 32.2. The average molecular weight is 683 g/mol. The molecule has 1 fully saturated rings. The smallest absolute Gasteiger partial charge is 0.578 e. The van der Waals surface area contributed by atoms with Crippen LogP contribution in [-0.4, -0.2) is 49.9 Å². The number of aromatic nitrogens is 2. The first-order chi connectivity index (χ1) is 22.9. The van der Waals surface area contributed by atoms with Crippen molar-refractivity contribution in [1.82, 2.24) is 15.1 Å². The average Bonchev–Trinajstić information content (AvgIpc) is 3.81. The maximum absolute atomic E-state index is 15.3. The first kappa shape index (κ1) is 33.2. The number of rotatable bonds is 10. The SMILES string of the molecule is COc1cc(F)c(C(O)c2cnn(Cc3ccccc3)c2)cc1C(=O)NC1C2C=CC(C2)C1C(=O)Nc1cccc([S+]([O-])C(F)(F)F)c1. The number of carbonyl (C=O) groups is 2. The fourth-order valence-electron chi connectivity index (χ4n) is 6.34. The van der Waals surface area contributed by atoms with Gasteiger partial charge in [0.2, 0.25) is 5.91 Å². The summed E-state index contributed by atoms with van der Waals surface area (Å²) >= 11 is -3.28. The zero-order valence-corrected chi connectivity index (χ0v) is 26.2. The molecule has 3 N–H and O–H groups in total. The number of hydrogen-bond acceptors (Lipinski definition) is 6. The van der Waals surface area contributed by atoms with Crippen molar-refractivity contribution in [3.63, 3.8) is 0 Å². The maximum Gasteiger partial charge on any atom is 0.578 e. The minimum Gasteiger partial charge on any atom is -0.604 e. The van der Waals surface area contributed by atoms with Crippen molar-refractivity contribution >= 4 is 28.7 Å². The van der Waals surface area contributed by atoms with Crippen molar-refractivity contribution < 1.29 is 41.5 Å². The highest BCUT2D eigenvalue weighted by Crippen LogP contribution is 2.45. The Morgan fingerprint density at radius 1 is 1.10 bits per heavy atom. The van der Waals surface area contributed by atoms with Crippen molar-refractivity contribution in [2.45, 2.75) is 35.5 Å². The summed E-state index contributed by atoms with van der Waals surface area (Å²) in [4.78, 5) is 26.7. The van der Waals surface area contributed by atoms with Crippen LogP contribution in [0.15, 0.2) is 96.2 Å². The Morgan fingerprint density at radius 3 is 2.58 bits per heavy atom. The van der Waals surface area contributed by atoms with Crippen LogP contribution in [0.25, 0.3) is 0 Å². The van der Waals surface area contributed by atoms with E-state index in [2.05, 4.69) is 15.7 Å². The Balaban J connectivity index is 1.20. The van der Waals surface area contributed by atoms with Crippen molar-refractivity contribution in [2.24, 2.45) is 17.8 Å². The van der Waals surface area contributed by atoms with E-state index in [4.69, 9.17) is 4.74 Å². The normalized spacial score (nSPS) is 21.1. The van der Waals surface area contributed by atoms with Gasteiger partial charge in [-0.2, -0.15) is 5.10 Å². The molecule has 0 spiro atoms. The zero-order valence-electron chi connectivity index (χ0n) is 25.4. The van der Waals surface area contributed by atoms with Crippen LogP contribution < -0.4 is 15.4 Å². The lowest BCUT2D eigenvalue weighted by atomic mass is 9.87. The van der Waals surface area contributed by atoms with Crippen LogP contribution in [0, 0.1) is 23.6 Å². The summed E-state index contributed by atoms with van der Waals surface area (Å²) in [5, 5.41) is 20.9. The molecule has 250 valence electrons. The van der Waals surface area contributed by atoms with E-state index in [-0.39, 0.29) is 34.4 Å². The van der Waals surface area contributed by atoms with Gasteiger partial charge in [0.05, 0.1) is 42.5 Å². The van der Waals surface area contributed by atoms with Gasteiger partial charge in [-0.05, 0) is 42.0 Å². The number of aliphatic hydroxyl groups excluding tert-OH is 1. The molecule has 3 aromatic carbocycles. The highest BCUT2D eigenvalue weighted by molar-refractivity contribution is 7.92. The molecule has 0 radical (unpaired) electrons. The number of carbonyl (C=O) groups excluding carboxylic acids is 2. The third-order valence-corrected chi connectivity index (χ3v) is 9.70. The molecule has 6 atom stereocenters. The topological polar surface area (TPSA) is 129 Å². The summed E-state index contributed by atoms with van der Waals surface area (Å²) < 4.78 is 73.0. The molecule has 4 aromatic rings. The largest absolute Gasteiger partial charge is 0.604 e. The fraction of sp³-hybridized carbons (Fsp3) is 0.265. The number of nitrogens with zero attached hydrogens (tertiary/aromatic N) is 2. The first-order valence-corrected chi connectivity index (χ1v) is 16.1. The van der Waals surface area contributed by atoms with Crippen molar-refractivity contribution in [2.75, 3.05) is 12.4 Å². The fourth-order valence-corrected chi connectivity index (χ4v) is 7.04. The first-order valence-electron chi connectivity index (χ1n) is 14.9. The van der Waals surface area contributed by atoms with Gasteiger partial charge in [0.15, 0.2) is 4.90 Å². The summed E-state index contributed by atoms with van der Waals surface area (Å²) in [6.45, 7) is 0.428. The Labute approximate surface area is 275 Å². The van der Waals surface area contributed by atoms with Gasteiger partial charge in [0.1, 0.15) is 17.7 Å². The van der Waals surface area contributed by atoms with Crippen LogP contribution in [-0.2, 0) is 22.5 Å². The Kier molecular flexibility index (Phi) is 9.32. The van der Waals surface area contributed by atoms with Gasteiger partial charge in [-0.1, -0.05) is 48.6 Å². The lowest BCUT2D eigenvalue weighted by Gasteiger charge is -2.28. The van der Waals surface area contributed by atoms with Gasteiger partial charge in [0.25, 0.3) is 5.91 Å². The van der Waals surface area contributed by atoms with E-state index in [1.165, 1.54) is 31.5 Å². The molecule has 48 heavy (non-hydrogen) atoms. The second-order valence-electron chi connectivity index (χ2n) is 11.6. The lowest BCUT2D eigenvalue weighted by molar-refractivity contribution is -0.121. The van der Waals surface area contributed by atoms with E-state index in [0.717, 1.165) is 23.8 Å². The molecule has 6 rings (SSSR count). The number of alkyl halides is 3. The molecule has 6 unspecified atom stereocenters. The number of amides is 2. The summed E-state index contributed by atoms with van der Waals surface area (Å²) in [5.41, 5.74) is -3.91. The van der Waals surface area contributed by atoms with E-state index < -0.39 is 57.3 Å². The van der Waals surface area contributed by atoms with Crippen LogP contribution in [0.2, 0.25) is 0 Å². The number of allylic oxidation sites excluding steroid dienone is 1. The molecule has 0 saturated heterocycles. The van der Waals surface area contributed by atoms with Crippen molar-refractivity contribution in [1.29, 1.82) is 0 Å². The van der Waals surface area contributed by atoms with Gasteiger partial charge < -0.3 is 25.0 Å². The predicted octanol–water partition coefficient (Wildman–Crippen LogP) is 5.35. The summed E-state index contributed by atoms with van der Waals surface area (Å²) in [6.07, 6.45) is 5.84. The van der Waals surface area contributed by atoms with Gasteiger partial charge in [-0.15, -0.1) is 13.2 Å². The zero-order chi connectivity index (χ0) is 34.2. The highest BCUT2D eigenvalue weighted by Gasteiger charge is 2.49. The number of hydrogen-bond donors (Lipinski definition) is 3. The molecule has 1 aromatic heterocycles. The summed E-state index contributed by atoms with van der Waals surface area (Å²) in [5.74, 6) is -3.37. The van der Waals surface area contributed by atoms with Crippen LogP contribution in [0.3, 0.4) is 0 Å². The van der Waals surface area contributed by atoms with Crippen LogP contribution >= 0.6 is 0 Å². The number of aliphatic hydroxyl groups is 1. The predicted molar refractivity (Wildman–Crippen MR) is 168 cm³/mol. The number of nitrogens with one attached hydrogen (secondary N) is 2. The van der Waals surface area contributed by atoms with Crippen LogP contribution in [0.4, 0.5) is 23.2 Å². The number of fused-ring (bicyclic) bond motifs is 2. The minimum absolute atomic E-state index is 0.0258. The quantitative estimate of drug-likeness (QED) is 0.118. The van der Waals surface area contributed by atoms with Crippen LogP contribution in [0.5, 0.6) is 5.75 Å².